The van der Waals surface area contributed by atoms with Gasteiger partial charge >= 0.3 is 0 Å². The van der Waals surface area contributed by atoms with Gasteiger partial charge in [0.1, 0.15) is 5.82 Å². The molecular weight excluding hydrogens is 310 g/mol. The van der Waals surface area contributed by atoms with E-state index in [4.69, 9.17) is 4.98 Å². The second-order valence-corrected chi connectivity index (χ2v) is 7.58. The Labute approximate surface area is 149 Å². The zero-order valence-electron chi connectivity index (χ0n) is 15.1. The largest absolute Gasteiger partial charge is 0.356 e. The summed E-state index contributed by atoms with van der Waals surface area (Å²) in [5.74, 6) is 1.66. The van der Waals surface area contributed by atoms with Gasteiger partial charge in [-0.1, -0.05) is 31.0 Å². The van der Waals surface area contributed by atoms with E-state index < -0.39 is 0 Å². The Balaban J connectivity index is 1.67. The number of carbonyl (C=O) groups excluding carboxylic acids is 1. The van der Waals surface area contributed by atoms with E-state index in [0.717, 1.165) is 41.9 Å². The second-order valence-electron chi connectivity index (χ2n) is 7.58. The predicted octanol–water partition coefficient (Wildman–Crippen LogP) is 4.10. The Hall–Kier alpha value is -2.10. The van der Waals surface area contributed by atoms with E-state index in [0.29, 0.717) is 5.92 Å². The first kappa shape index (κ1) is 16.4. The number of fused-ring (bicyclic) bond motifs is 1. The number of amides is 1. The fourth-order valence-electron chi connectivity index (χ4n) is 4.30. The minimum absolute atomic E-state index is 0.118. The lowest BCUT2D eigenvalue weighted by atomic mass is 10.1. The zero-order chi connectivity index (χ0) is 17.2. The molecule has 0 spiro atoms. The molecule has 0 unspecified atom stereocenters. The van der Waals surface area contributed by atoms with Gasteiger partial charge in [-0.3, -0.25) is 4.79 Å². The molecule has 0 atom stereocenters. The minimum Gasteiger partial charge on any atom is -0.356 e. The van der Waals surface area contributed by atoms with Gasteiger partial charge in [-0.15, -0.1) is 0 Å². The number of rotatable bonds is 4. The Morgan fingerprint density at radius 1 is 1.16 bits per heavy atom. The molecule has 25 heavy (non-hydrogen) atoms. The van der Waals surface area contributed by atoms with Crippen LogP contribution in [0, 0.1) is 5.92 Å². The average molecular weight is 337 g/mol. The fourth-order valence-corrected chi connectivity index (χ4v) is 4.30. The molecule has 1 aliphatic heterocycles. The average Bonchev–Trinajstić information content (AvgIpc) is 3.33. The second kappa shape index (κ2) is 7.03. The number of anilines is 1. The molecule has 0 bridgehead atoms. The first-order valence-electron chi connectivity index (χ1n) is 9.62. The quantitative estimate of drug-likeness (QED) is 0.843. The number of aromatic nitrogens is 1. The van der Waals surface area contributed by atoms with Crippen LogP contribution in [0.2, 0.25) is 0 Å². The molecule has 1 aromatic heterocycles. The summed E-state index contributed by atoms with van der Waals surface area (Å²) in [6.07, 6.45) is 7.49. The highest BCUT2D eigenvalue weighted by molar-refractivity contribution is 6.02. The molecule has 2 fully saturated rings. The van der Waals surface area contributed by atoms with Crippen molar-refractivity contribution in [3.8, 4) is 0 Å². The van der Waals surface area contributed by atoms with E-state index in [1.54, 1.807) is 0 Å². The lowest BCUT2D eigenvalue weighted by Gasteiger charge is -2.25. The van der Waals surface area contributed by atoms with Crippen LogP contribution in [0.25, 0.3) is 10.9 Å². The van der Waals surface area contributed by atoms with Gasteiger partial charge in [-0.2, -0.15) is 0 Å². The van der Waals surface area contributed by atoms with Gasteiger partial charge in [0.05, 0.1) is 11.1 Å². The van der Waals surface area contributed by atoms with Gasteiger partial charge in [0.2, 0.25) is 0 Å². The molecule has 132 valence electrons. The number of hydrogen-bond donors (Lipinski definition) is 0. The third-order valence-electron chi connectivity index (χ3n) is 5.69. The molecule has 4 heteroatoms. The fraction of sp³-hybridized carbons (Fsp3) is 0.524. The molecule has 2 aliphatic rings. The van der Waals surface area contributed by atoms with Gasteiger partial charge in [0.25, 0.3) is 5.91 Å². The van der Waals surface area contributed by atoms with Crippen molar-refractivity contribution in [2.75, 3.05) is 31.6 Å². The van der Waals surface area contributed by atoms with E-state index in [1.165, 1.54) is 38.5 Å². The highest BCUT2D eigenvalue weighted by Gasteiger charge is 2.26. The topological polar surface area (TPSA) is 36.4 Å². The maximum Gasteiger partial charge on any atom is 0.257 e. The van der Waals surface area contributed by atoms with Crippen LogP contribution in [0.5, 0.6) is 0 Å². The zero-order valence-corrected chi connectivity index (χ0v) is 15.1. The lowest BCUT2D eigenvalue weighted by molar-refractivity contribution is 0.0774. The van der Waals surface area contributed by atoms with Crippen molar-refractivity contribution in [2.45, 2.75) is 38.5 Å². The first-order chi connectivity index (χ1) is 12.2. The van der Waals surface area contributed by atoms with Crippen LogP contribution < -0.4 is 4.90 Å². The Kier molecular flexibility index (Phi) is 4.60. The highest BCUT2D eigenvalue weighted by Crippen LogP contribution is 2.29. The van der Waals surface area contributed by atoms with Gasteiger partial charge in [-0.25, -0.2) is 4.98 Å². The Morgan fingerprint density at radius 3 is 2.64 bits per heavy atom. The molecule has 0 N–H and O–H groups in total. The smallest absolute Gasteiger partial charge is 0.257 e. The standard InChI is InChI=1S/C21H27N3O/c1-23(15-16-8-2-3-9-16)21(25)18-14-17-10-4-5-11-19(17)22-20(18)24-12-6-7-13-24/h4-5,10-11,14,16H,2-3,6-9,12-13,15H2,1H3. The van der Waals surface area contributed by atoms with E-state index in [1.807, 2.05) is 42.3 Å². The molecular formula is C21H27N3O. The number of para-hydroxylation sites is 1. The molecule has 1 saturated carbocycles. The number of carbonyl (C=O) groups is 1. The lowest BCUT2D eigenvalue weighted by Crippen LogP contribution is -2.33. The van der Waals surface area contributed by atoms with Crippen molar-refractivity contribution in [2.24, 2.45) is 5.92 Å². The first-order valence-corrected chi connectivity index (χ1v) is 9.62. The number of pyridine rings is 1. The van der Waals surface area contributed by atoms with Crippen molar-refractivity contribution in [1.29, 1.82) is 0 Å². The molecule has 1 aromatic carbocycles. The minimum atomic E-state index is 0.118. The number of hydrogen-bond acceptors (Lipinski definition) is 3. The maximum absolute atomic E-state index is 13.2. The molecule has 1 amide bonds. The van der Waals surface area contributed by atoms with Crippen LogP contribution in [0.15, 0.2) is 30.3 Å². The van der Waals surface area contributed by atoms with Crippen LogP contribution in [0.4, 0.5) is 5.82 Å². The van der Waals surface area contributed by atoms with Crippen LogP contribution in [0.1, 0.15) is 48.9 Å². The van der Waals surface area contributed by atoms with E-state index >= 15 is 0 Å². The summed E-state index contributed by atoms with van der Waals surface area (Å²) >= 11 is 0. The van der Waals surface area contributed by atoms with E-state index in [9.17, 15) is 4.79 Å². The third kappa shape index (κ3) is 3.35. The Bertz CT molecular complexity index is 761. The van der Waals surface area contributed by atoms with Gasteiger partial charge in [0.15, 0.2) is 0 Å². The molecule has 1 aliphatic carbocycles. The summed E-state index contributed by atoms with van der Waals surface area (Å²) in [5.41, 5.74) is 1.74. The summed E-state index contributed by atoms with van der Waals surface area (Å²) in [5, 5.41) is 1.04. The molecule has 2 heterocycles. The summed E-state index contributed by atoms with van der Waals surface area (Å²) in [6.45, 7) is 2.86. The molecule has 4 nitrogen and oxygen atoms in total. The van der Waals surface area contributed by atoms with Crippen molar-refractivity contribution in [1.82, 2.24) is 9.88 Å². The van der Waals surface area contributed by atoms with Gasteiger partial charge in [0, 0.05) is 32.1 Å². The van der Waals surface area contributed by atoms with E-state index in [-0.39, 0.29) is 5.91 Å². The van der Waals surface area contributed by atoms with E-state index in [2.05, 4.69) is 4.90 Å². The molecule has 4 rings (SSSR count). The predicted molar refractivity (Wildman–Crippen MR) is 102 cm³/mol. The molecule has 2 aromatic rings. The third-order valence-corrected chi connectivity index (χ3v) is 5.69. The normalized spacial score (nSPS) is 18.2. The summed E-state index contributed by atoms with van der Waals surface area (Å²) < 4.78 is 0. The molecule has 0 radical (unpaired) electrons. The number of nitrogens with zero attached hydrogens (tertiary/aromatic N) is 3. The molecule has 1 saturated heterocycles. The monoisotopic (exact) mass is 337 g/mol. The summed E-state index contributed by atoms with van der Waals surface area (Å²) in [4.78, 5) is 22.3. The van der Waals surface area contributed by atoms with Gasteiger partial charge < -0.3 is 9.80 Å². The Morgan fingerprint density at radius 2 is 1.88 bits per heavy atom. The van der Waals surface area contributed by atoms with Crippen LogP contribution >= 0.6 is 0 Å². The highest BCUT2D eigenvalue weighted by atomic mass is 16.2. The van der Waals surface area contributed by atoms with Crippen molar-refractivity contribution < 1.29 is 4.79 Å². The number of benzene rings is 1. The van der Waals surface area contributed by atoms with Crippen LogP contribution in [0.3, 0.4) is 0 Å². The van der Waals surface area contributed by atoms with Crippen molar-refractivity contribution in [3.05, 3.63) is 35.9 Å². The van der Waals surface area contributed by atoms with Gasteiger partial charge in [-0.05, 0) is 43.7 Å². The summed E-state index contributed by atoms with van der Waals surface area (Å²) in [6, 6.07) is 10.1. The summed E-state index contributed by atoms with van der Waals surface area (Å²) in [7, 11) is 1.95. The maximum atomic E-state index is 13.2. The van der Waals surface area contributed by atoms with Crippen molar-refractivity contribution >= 4 is 22.6 Å². The van der Waals surface area contributed by atoms with Crippen LogP contribution in [-0.2, 0) is 0 Å². The SMILES string of the molecule is CN(CC1CCCC1)C(=O)c1cc2ccccc2nc1N1CCCC1. The van der Waals surface area contributed by atoms with Crippen molar-refractivity contribution in [3.63, 3.8) is 0 Å². The van der Waals surface area contributed by atoms with Crippen LogP contribution in [-0.4, -0.2) is 42.5 Å².